The Bertz CT molecular complexity index is 828. The number of amides is 2. The molecule has 2 heterocycles. The summed E-state index contributed by atoms with van der Waals surface area (Å²) in [5.74, 6) is -0.615. The van der Waals surface area contributed by atoms with Crippen LogP contribution < -0.4 is 11.1 Å². The molecule has 3 N–H and O–H groups in total. The van der Waals surface area contributed by atoms with Crippen molar-refractivity contribution in [2.45, 2.75) is 25.9 Å². The smallest absolute Gasteiger partial charge is 0.258 e. The van der Waals surface area contributed by atoms with Crippen molar-refractivity contribution in [2.24, 2.45) is 10.9 Å². The third-order valence-corrected chi connectivity index (χ3v) is 4.94. The second-order valence-electron chi connectivity index (χ2n) is 5.80. The van der Waals surface area contributed by atoms with Gasteiger partial charge in [-0.3, -0.25) is 9.59 Å². The number of primary amides is 1. The van der Waals surface area contributed by atoms with E-state index in [1.807, 2.05) is 24.4 Å². The van der Waals surface area contributed by atoms with Gasteiger partial charge in [-0.05, 0) is 41.1 Å². The molecular weight excluding hydrogens is 338 g/mol. The van der Waals surface area contributed by atoms with Crippen LogP contribution in [0.15, 0.2) is 40.9 Å². The number of rotatable bonds is 6. The van der Waals surface area contributed by atoms with E-state index in [2.05, 4.69) is 10.5 Å². The van der Waals surface area contributed by atoms with Crippen LogP contribution in [0, 0.1) is 0 Å². The average Bonchev–Trinajstić information content (AvgIpc) is 3.29. The second-order valence-corrected chi connectivity index (χ2v) is 6.71. The van der Waals surface area contributed by atoms with Crippen molar-refractivity contribution in [1.82, 2.24) is 5.32 Å². The molecule has 6 nitrogen and oxygen atoms in total. The average molecular weight is 357 g/mol. The zero-order chi connectivity index (χ0) is 17.8. The second kappa shape index (κ2) is 7.48. The Kier molecular flexibility index (Phi) is 5.14. The Morgan fingerprint density at radius 1 is 1.36 bits per heavy atom. The van der Waals surface area contributed by atoms with Crippen molar-refractivity contribution in [3.8, 4) is 11.1 Å². The minimum atomic E-state index is -0.449. The Labute approximate surface area is 149 Å². The number of hydrogen-bond acceptors (Lipinski definition) is 5. The highest BCUT2D eigenvalue weighted by molar-refractivity contribution is 7.12. The lowest BCUT2D eigenvalue weighted by Gasteiger charge is -2.10. The van der Waals surface area contributed by atoms with Gasteiger partial charge in [0.2, 0.25) is 0 Å². The lowest BCUT2D eigenvalue weighted by Crippen LogP contribution is -2.32. The maximum atomic E-state index is 12.4. The molecule has 1 unspecified atom stereocenters. The normalized spacial score (nSPS) is 16.2. The van der Waals surface area contributed by atoms with E-state index < -0.39 is 5.91 Å². The topological polar surface area (TPSA) is 93.8 Å². The zero-order valence-electron chi connectivity index (χ0n) is 13.8. The first-order chi connectivity index (χ1) is 12.1. The van der Waals surface area contributed by atoms with E-state index in [9.17, 15) is 9.59 Å². The molecule has 0 fully saturated rings. The Balaban J connectivity index is 1.64. The zero-order valence-corrected chi connectivity index (χ0v) is 14.6. The van der Waals surface area contributed by atoms with Crippen molar-refractivity contribution in [2.75, 3.05) is 6.54 Å². The maximum Gasteiger partial charge on any atom is 0.258 e. The highest BCUT2D eigenvalue weighted by Gasteiger charge is 2.20. The van der Waals surface area contributed by atoms with E-state index in [4.69, 9.17) is 10.6 Å². The van der Waals surface area contributed by atoms with Gasteiger partial charge in [-0.1, -0.05) is 24.2 Å². The van der Waals surface area contributed by atoms with Crippen LogP contribution >= 0.6 is 11.3 Å². The number of nitrogens with two attached hydrogens (primary N) is 1. The van der Waals surface area contributed by atoms with Gasteiger partial charge >= 0.3 is 0 Å². The van der Waals surface area contributed by atoms with Gasteiger partial charge < -0.3 is 15.9 Å². The summed E-state index contributed by atoms with van der Waals surface area (Å²) < 4.78 is 0. The van der Waals surface area contributed by atoms with E-state index in [-0.39, 0.29) is 12.0 Å². The standard InChI is InChI=1S/C18H19N3O3S/c1-2-14-8-15(24-21-14)9-20-18(23)12-5-3-4-11(6-12)13-7-16(17(19)22)25-10-13/h3-7,10,15H,2,8-9H2,1H3,(H2,19,22)(H,20,23). The quantitative estimate of drug-likeness (QED) is 0.832. The van der Waals surface area contributed by atoms with Crippen LogP contribution in [0.2, 0.25) is 0 Å². The summed E-state index contributed by atoms with van der Waals surface area (Å²) in [7, 11) is 0. The SMILES string of the molecule is CCC1=NOC(CNC(=O)c2cccc(-c3csc(C(N)=O)c3)c2)C1. The van der Waals surface area contributed by atoms with E-state index in [0.717, 1.165) is 29.7 Å². The molecule has 1 atom stereocenters. The summed E-state index contributed by atoms with van der Waals surface area (Å²) >= 11 is 1.29. The Hall–Kier alpha value is -2.67. The van der Waals surface area contributed by atoms with E-state index in [1.165, 1.54) is 11.3 Å². The molecule has 1 aliphatic heterocycles. The fraction of sp³-hybridized carbons (Fsp3) is 0.278. The van der Waals surface area contributed by atoms with Crippen molar-refractivity contribution >= 4 is 28.9 Å². The summed E-state index contributed by atoms with van der Waals surface area (Å²) in [5.41, 5.74) is 8.60. The summed E-state index contributed by atoms with van der Waals surface area (Å²) in [6, 6.07) is 9.00. The molecule has 0 saturated heterocycles. The molecule has 2 aromatic rings. The molecule has 25 heavy (non-hydrogen) atoms. The first-order valence-corrected chi connectivity index (χ1v) is 8.93. The number of carbonyl (C=O) groups excluding carboxylic acids is 2. The third kappa shape index (κ3) is 4.06. The number of thiophene rings is 1. The fourth-order valence-electron chi connectivity index (χ4n) is 2.57. The van der Waals surface area contributed by atoms with Crippen LogP contribution in [-0.2, 0) is 4.84 Å². The number of nitrogens with one attached hydrogen (secondary N) is 1. The summed E-state index contributed by atoms with van der Waals surface area (Å²) in [4.78, 5) is 29.4. The highest BCUT2D eigenvalue weighted by Crippen LogP contribution is 2.26. The number of carbonyl (C=O) groups is 2. The molecule has 7 heteroatoms. The predicted molar refractivity (Wildman–Crippen MR) is 97.8 cm³/mol. The fourth-order valence-corrected chi connectivity index (χ4v) is 3.34. The molecule has 0 radical (unpaired) electrons. The van der Waals surface area contributed by atoms with Crippen LogP contribution in [0.3, 0.4) is 0 Å². The number of benzene rings is 1. The minimum Gasteiger partial charge on any atom is -0.390 e. The molecule has 0 aliphatic carbocycles. The van der Waals surface area contributed by atoms with Crippen molar-refractivity contribution in [1.29, 1.82) is 0 Å². The molecule has 2 amide bonds. The van der Waals surface area contributed by atoms with Gasteiger partial charge in [0, 0.05) is 12.0 Å². The lowest BCUT2D eigenvalue weighted by atomic mass is 10.0. The van der Waals surface area contributed by atoms with Crippen LogP contribution in [0.25, 0.3) is 11.1 Å². The third-order valence-electron chi connectivity index (χ3n) is 3.99. The van der Waals surface area contributed by atoms with Gasteiger partial charge in [0.05, 0.1) is 17.1 Å². The van der Waals surface area contributed by atoms with Crippen LogP contribution in [0.5, 0.6) is 0 Å². The number of oxime groups is 1. The molecule has 3 rings (SSSR count). The summed E-state index contributed by atoms with van der Waals surface area (Å²) in [6.45, 7) is 2.45. The van der Waals surface area contributed by atoms with Crippen molar-refractivity contribution in [3.63, 3.8) is 0 Å². The largest absolute Gasteiger partial charge is 0.390 e. The van der Waals surface area contributed by atoms with Gasteiger partial charge in [-0.15, -0.1) is 11.3 Å². The number of hydrogen-bond donors (Lipinski definition) is 2. The van der Waals surface area contributed by atoms with Gasteiger partial charge in [0.25, 0.3) is 11.8 Å². The van der Waals surface area contributed by atoms with Crippen LogP contribution in [0.1, 0.15) is 39.8 Å². The highest BCUT2D eigenvalue weighted by atomic mass is 32.1. The van der Waals surface area contributed by atoms with Gasteiger partial charge in [-0.2, -0.15) is 0 Å². The Morgan fingerprint density at radius 3 is 2.88 bits per heavy atom. The van der Waals surface area contributed by atoms with Gasteiger partial charge in [0.15, 0.2) is 0 Å². The van der Waals surface area contributed by atoms with Crippen LogP contribution in [0.4, 0.5) is 0 Å². The van der Waals surface area contributed by atoms with Crippen LogP contribution in [-0.4, -0.2) is 30.2 Å². The monoisotopic (exact) mass is 357 g/mol. The molecule has 1 aromatic heterocycles. The number of nitrogens with zero attached hydrogens (tertiary/aromatic N) is 1. The van der Waals surface area contributed by atoms with E-state index in [0.29, 0.717) is 17.0 Å². The first kappa shape index (κ1) is 17.2. The van der Waals surface area contributed by atoms with Crippen molar-refractivity contribution < 1.29 is 14.4 Å². The lowest BCUT2D eigenvalue weighted by molar-refractivity contribution is 0.0753. The van der Waals surface area contributed by atoms with E-state index >= 15 is 0 Å². The first-order valence-electron chi connectivity index (χ1n) is 8.05. The van der Waals surface area contributed by atoms with Gasteiger partial charge in [-0.25, -0.2) is 0 Å². The minimum absolute atomic E-state index is 0.0999. The van der Waals surface area contributed by atoms with Crippen molar-refractivity contribution in [3.05, 3.63) is 46.2 Å². The summed E-state index contributed by atoms with van der Waals surface area (Å²) in [6.07, 6.45) is 1.51. The molecule has 0 saturated carbocycles. The maximum absolute atomic E-state index is 12.4. The molecule has 0 spiro atoms. The molecule has 130 valence electrons. The molecule has 1 aromatic carbocycles. The van der Waals surface area contributed by atoms with Gasteiger partial charge in [0.1, 0.15) is 6.10 Å². The molecule has 0 bridgehead atoms. The molecular formula is C18H19N3O3S. The van der Waals surface area contributed by atoms with E-state index in [1.54, 1.807) is 18.2 Å². The molecule has 1 aliphatic rings. The predicted octanol–water partition coefficient (Wildman–Crippen LogP) is 2.80. The Morgan fingerprint density at radius 2 is 2.20 bits per heavy atom. The summed E-state index contributed by atoms with van der Waals surface area (Å²) in [5, 5.41) is 8.72.